The van der Waals surface area contributed by atoms with Crippen molar-refractivity contribution in [3.63, 3.8) is 0 Å². The molecule has 0 bridgehead atoms. The molecule has 116 valence electrons. The van der Waals surface area contributed by atoms with Crippen molar-refractivity contribution in [2.45, 2.75) is 39.8 Å². The summed E-state index contributed by atoms with van der Waals surface area (Å²) in [6.45, 7) is 6.66. The normalized spacial score (nSPS) is 14.0. The highest BCUT2D eigenvalue weighted by molar-refractivity contribution is 5.92. The van der Waals surface area contributed by atoms with Crippen molar-refractivity contribution in [1.82, 2.24) is 9.78 Å². The first-order valence-electron chi connectivity index (χ1n) is 7.80. The van der Waals surface area contributed by atoms with E-state index in [0.29, 0.717) is 12.2 Å². The van der Waals surface area contributed by atoms with Gasteiger partial charge in [0.05, 0.1) is 0 Å². The van der Waals surface area contributed by atoms with E-state index in [2.05, 4.69) is 48.1 Å². The number of nitrogens with two attached hydrogens (primary N) is 1. The van der Waals surface area contributed by atoms with E-state index in [-0.39, 0.29) is 0 Å². The highest BCUT2D eigenvalue weighted by Gasteiger charge is 2.27. The van der Waals surface area contributed by atoms with Crippen molar-refractivity contribution in [3.8, 4) is 0 Å². The first-order valence-corrected chi connectivity index (χ1v) is 7.80. The third-order valence-corrected chi connectivity index (χ3v) is 4.17. The second-order valence-electron chi connectivity index (χ2n) is 5.87. The molecule has 22 heavy (non-hydrogen) atoms. The Bertz CT molecular complexity index is 705. The van der Waals surface area contributed by atoms with E-state index in [0.717, 1.165) is 31.5 Å². The third-order valence-electron chi connectivity index (χ3n) is 4.17. The molecule has 0 saturated carbocycles. The Hall–Kier alpha value is -2.30. The topological polar surface area (TPSA) is 64.2 Å². The van der Waals surface area contributed by atoms with Gasteiger partial charge in [-0.25, -0.2) is 0 Å². The number of hydrogen-bond donors (Lipinski definition) is 1. The van der Waals surface area contributed by atoms with Gasteiger partial charge in [-0.2, -0.15) is 5.10 Å². The van der Waals surface area contributed by atoms with Crippen molar-refractivity contribution in [2.75, 3.05) is 11.4 Å². The predicted octanol–water partition coefficient (Wildman–Crippen LogP) is 2.26. The number of anilines is 1. The summed E-state index contributed by atoms with van der Waals surface area (Å²) < 4.78 is 1.96. The molecule has 1 amide bonds. The average molecular weight is 298 g/mol. The van der Waals surface area contributed by atoms with Crippen LogP contribution in [0.25, 0.3) is 0 Å². The Morgan fingerprint density at radius 3 is 2.91 bits per heavy atom. The molecule has 2 heterocycles. The highest BCUT2D eigenvalue weighted by Crippen LogP contribution is 2.27. The number of benzene rings is 1. The Labute approximate surface area is 130 Å². The van der Waals surface area contributed by atoms with E-state index in [9.17, 15) is 4.79 Å². The lowest BCUT2D eigenvalue weighted by Crippen LogP contribution is -2.32. The number of carbonyl (C=O) groups is 1. The molecule has 5 heteroatoms. The van der Waals surface area contributed by atoms with E-state index < -0.39 is 5.91 Å². The molecule has 0 fully saturated rings. The standard InChI is InChI=1S/C17H22N4O/c1-3-8-21-15-7-9-20(13-6-4-5-12(2)10-13)11-14(15)16(19-21)17(18)22/h4-6,10H,3,7-9,11H2,1-2H3,(H2,18,22). The summed E-state index contributed by atoms with van der Waals surface area (Å²) in [5, 5.41) is 4.44. The van der Waals surface area contributed by atoms with Crippen LogP contribution in [0.5, 0.6) is 0 Å². The summed E-state index contributed by atoms with van der Waals surface area (Å²) in [4.78, 5) is 14.0. The van der Waals surface area contributed by atoms with E-state index in [1.165, 1.54) is 16.9 Å². The van der Waals surface area contributed by atoms with Gasteiger partial charge in [-0.05, 0) is 31.0 Å². The number of hydrogen-bond acceptors (Lipinski definition) is 3. The number of rotatable bonds is 4. The summed E-state index contributed by atoms with van der Waals surface area (Å²) in [5.74, 6) is -0.433. The van der Waals surface area contributed by atoms with Gasteiger partial charge in [-0.15, -0.1) is 0 Å². The zero-order valence-electron chi connectivity index (χ0n) is 13.2. The summed E-state index contributed by atoms with van der Waals surface area (Å²) >= 11 is 0. The maximum absolute atomic E-state index is 11.7. The van der Waals surface area contributed by atoms with Crippen LogP contribution in [0, 0.1) is 6.92 Å². The monoisotopic (exact) mass is 298 g/mol. The zero-order chi connectivity index (χ0) is 15.7. The van der Waals surface area contributed by atoms with Gasteiger partial charge in [0.1, 0.15) is 0 Å². The summed E-state index contributed by atoms with van der Waals surface area (Å²) in [6, 6.07) is 8.44. The zero-order valence-corrected chi connectivity index (χ0v) is 13.2. The number of amides is 1. The fourth-order valence-electron chi connectivity index (χ4n) is 3.13. The maximum atomic E-state index is 11.7. The molecule has 1 aliphatic heterocycles. The molecule has 2 aromatic rings. The number of primary amides is 1. The predicted molar refractivity (Wildman–Crippen MR) is 87.0 cm³/mol. The number of fused-ring (bicyclic) bond motifs is 1. The quantitative estimate of drug-likeness (QED) is 0.941. The summed E-state index contributed by atoms with van der Waals surface area (Å²) in [6.07, 6.45) is 1.89. The molecule has 0 aliphatic carbocycles. The highest BCUT2D eigenvalue weighted by atomic mass is 16.1. The number of nitrogens with zero attached hydrogens (tertiary/aromatic N) is 3. The van der Waals surface area contributed by atoms with E-state index in [1.54, 1.807) is 0 Å². The fraction of sp³-hybridized carbons (Fsp3) is 0.412. The van der Waals surface area contributed by atoms with Crippen LogP contribution in [0.3, 0.4) is 0 Å². The first kappa shape index (κ1) is 14.6. The van der Waals surface area contributed by atoms with Crippen molar-refractivity contribution in [3.05, 3.63) is 46.8 Å². The molecule has 0 spiro atoms. The molecule has 1 aliphatic rings. The second-order valence-corrected chi connectivity index (χ2v) is 5.87. The van der Waals surface area contributed by atoms with Crippen LogP contribution < -0.4 is 10.6 Å². The molecule has 0 atom stereocenters. The Morgan fingerprint density at radius 2 is 2.23 bits per heavy atom. The van der Waals surface area contributed by atoms with Crippen LogP contribution in [0.1, 0.15) is 40.7 Å². The molecule has 1 aromatic heterocycles. The van der Waals surface area contributed by atoms with E-state index in [4.69, 9.17) is 5.73 Å². The number of carbonyl (C=O) groups excluding carboxylic acids is 1. The molecule has 5 nitrogen and oxygen atoms in total. The average Bonchev–Trinajstić information content (AvgIpc) is 2.86. The van der Waals surface area contributed by atoms with Gasteiger partial charge in [-0.1, -0.05) is 19.1 Å². The van der Waals surface area contributed by atoms with Crippen LogP contribution in [0.4, 0.5) is 5.69 Å². The minimum atomic E-state index is -0.433. The Morgan fingerprint density at radius 1 is 1.41 bits per heavy atom. The van der Waals surface area contributed by atoms with Gasteiger partial charge in [0, 0.05) is 43.0 Å². The number of aryl methyl sites for hydroxylation is 2. The minimum absolute atomic E-state index is 0.431. The molecule has 0 radical (unpaired) electrons. The number of aromatic nitrogens is 2. The van der Waals surface area contributed by atoms with Crippen LogP contribution in [-0.2, 0) is 19.5 Å². The van der Waals surface area contributed by atoms with Gasteiger partial charge >= 0.3 is 0 Å². The molecule has 3 rings (SSSR count). The summed E-state index contributed by atoms with van der Waals surface area (Å²) in [7, 11) is 0. The third kappa shape index (κ3) is 2.58. The SMILES string of the molecule is CCCn1nc(C(N)=O)c2c1CCN(c1cccc(C)c1)C2. The van der Waals surface area contributed by atoms with Crippen molar-refractivity contribution < 1.29 is 4.79 Å². The van der Waals surface area contributed by atoms with Crippen molar-refractivity contribution in [1.29, 1.82) is 0 Å². The molecule has 2 N–H and O–H groups in total. The van der Waals surface area contributed by atoms with E-state index >= 15 is 0 Å². The molecule has 1 aromatic carbocycles. The fourth-order valence-corrected chi connectivity index (χ4v) is 3.13. The summed E-state index contributed by atoms with van der Waals surface area (Å²) in [5.41, 5.74) is 10.5. The van der Waals surface area contributed by atoms with E-state index in [1.807, 2.05) is 4.68 Å². The van der Waals surface area contributed by atoms with Crippen LogP contribution in [0.15, 0.2) is 24.3 Å². The lowest BCUT2D eigenvalue weighted by atomic mass is 10.0. The Kier molecular flexibility index (Phi) is 3.88. The molecular formula is C17H22N4O. The van der Waals surface area contributed by atoms with Gasteiger partial charge < -0.3 is 10.6 Å². The first-order chi connectivity index (χ1) is 10.6. The van der Waals surface area contributed by atoms with Crippen LogP contribution in [-0.4, -0.2) is 22.2 Å². The lowest BCUT2D eigenvalue weighted by Gasteiger charge is -2.30. The van der Waals surface area contributed by atoms with Gasteiger partial charge in [0.25, 0.3) is 5.91 Å². The van der Waals surface area contributed by atoms with Crippen LogP contribution in [0.2, 0.25) is 0 Å². The van der Waals surface area contributed by atoms with Gasteiger partial charge in [0.2, 0.25) is 0 Å². The largest absolute Gasteiger partial charge is 0.367 e. The van der Waals surface area contributed by atoms with Gasteiger partial charge in [0.15, 0.2) is 5.69 Å². The van der Waals surface area contributed by atoms with Gasteiger partial charge in [-0.3, -0.25) is 9.48 Å². The minimum Gasteiger partial charge on any atom is -0.367 e. The molecule has 0 unspecified atom stereocenters. The molecule has 0 saturated heterocycles. The van der Waals surface area contributed by atoms with Crippen LogP contribution >= 0.6 is 0 Å². The maximum Gasteiger partial charge on any atom is 0.269 e. The van der Waals surface area contributed by atoms with Crippen molar-refractivity contribution in [2.24, 2.45) is 5.73 Å². The smallest absolute Gasteiger partial charge is 0.269 e. The second kappa shape index (κ2) is 5.83. The van der Waals surface area contributed by atoms with Crippen molar-refractivity contribution >= 4 is 11.6 Å². The lowest BCUT2D eigenvalue weighted by molar-refractivity contribution is 0.0994. The Balaban J connectivity index is 1.96. The molecular weight excluding hydrogens is 276 g/mol.